The summed E-state index contributed by atoms with van der Waals surface area (Å²) in [5.41, 5.74) is 0. The standard InChI is InChI=1S/C7H15NOS/c1-5-10-7(9)8(4)6(2)3/h6H,5H2,1-4H3. The van der Waals surface area contributed by atoms with Crippen molar-refractivity contribution in [2.45, 2.75) is 26.8 Å². The molecule has 0 spiro atoms. The highest BCUT2D eigenvalue weighted by molar-refractivity contribution is 8.13. The number of hydrogen-bond donors (Lipinski definition) is 0. The van der Waals surface area contributed by atoms with Gasteiger partial charge in [0, 0.05) is 13.1 Å². The fraction of sp³-hybridized carbons (Fsp3) is 0.857. The molecule has 0 radical (unpaired) electrons. The van der Waals surface area contributed by atoms with Gasteiger partial charge in [-0.25, -0.2) is 0 Å². The first-order chi connectivity index (χ1) is 4.59. The molecule has 0 heterocycles. The van der Waals surface area contributed by atoms with Crippen molar-refractivity contribution >= 4 is 17.0 Å². The molecular weight excluding hydrogens is 146 g/mol. The Balaban J connectivity index is 3.71. The Bertz CT molecular complexity index is 114. The summed E-state index contributed by atoms with van der Waals surface area (Å²) in [6, 6.07) is 0.312. The van der Waals surface area contributed by atoms with Crippen LogP contribution in [0.2, 0.25) is 0 Å². The minimum atomic E-state index is 0.164. The van der Waals surface area contributed by atoms with Gasteiger partial charge < -0.3 is 4.90 Å². The Kier molecular flexibility index (Phi) is 4.52. The van der Waals surface area contributed by atoms with Gasteiger partial charge >= 0.3 is 0 Å². The summed E-state index contributed by atoms with van der Waals surface area (Å²) >= 11 is 1.35. The van der Waals surface area contributed by atoms with Crippen molar-refractivity contribution in [3.8, 4) is 0 Å². The topological polar surface area (TPSA) is 20.3 Å². The van der Waals surface area contributed by atoms with Crippen molar-refractivity contribution in [3.05, 3.63) is 0 Å². The third-order valence-corrected chi connectivity index (χ3v) is 2.15. The summed E-state index contributed by atoms with van der Waals surface area (Å²) in [6.45, 7) is 6.00. The maximum Gasteiger partial charge on any atom is 0.281 e. The van der Waals surface area contributed by atoms with E-state index in [2.05, 4.69) is 0 Å². The van der Waals surface area contributed by atoms with Gasteiger partial charge in [0.15, 0.2) is 0 Å². The summed E-state index contributed by atoms with van der Waals surface area (Å²) < 4.78 is 0. The van der Waals surface area contributed by atoms with E-state index < -0.39 is 0 Å². The molecule has 0 atom stereocenters. The molecule has 3 heteroatoms. The lowest BCUT2D eigenvalue weighted by Crippen LogP contribution is -2.29. The molecule has 0 saturated heterocycles. The van der Waals surface area contributed by atoms with Crippen LogP contribution < -0.4 is 0 Å². The highest BCUT2D eigenvalue weighted by Gasteiger charge is 2.10. The largest absolute Gasteiger partial charge is 0.334 e. The smallest absolute Gasteiger partial charge is 0.281 e. The van der Waals surface area contributed by atoms with Gasteiger partial charge in [0.2, 0.25) is 0 Å². The van der Waals surface area contributed by atoms with E-state index in [1.807, 2.05) is 27.8 Å². The number of rotatable bonds is 2. The molecule has 0 saturated carbocycles. The molecule has 10 heavy (non-hydrogen) atoms. The zero-order valence-electron chi connectivity index (χ0n) is 7.05. The van der Waals surface area contributed by atoms with Crippen LogP contribution in [0, 0.1) is 0 Å². The van der Waals surface area contributed by atoms with Gasteiger partial charge in [-0.05, 0) is 19.6 Å². The molecule has 0 aromatic carbocycles. The maximum absolute atomic E-state index is 11.1. The minimum absolute atomic E-state index is 0.164. The first-order valence-corrected chi connectivity index (χ1v) is 4.47. The fourth-order valence-electron chi connectivity index (χ4n) is 0.436. The van der Waals surface area contributed by atoms with Crippen molar-refractivity contribution in [2.75, 3.05) is 12.8 Å². The number of nitrogens with zero attached hydrogens (tertiary/aromatic N) is 1. The zero-order chi connectivity index (χ0) is 8.15. The highest BCUT2D eigenvalue weighted by atomic mass is 32.2. The van der Waals surface area contributed by atoms with E-state index in [0.29, 0.717) is 6.04 Å². The number of amides is 1. The normalized spacial score (nSPS) is 10.1. The molecule has 0 rings (SSSR count). The van der Waals surface area contributed by atoms with Gasteiger partial charge in [0.1, 0.15) is 0 Å². The second-order valence-electron chi connectivity index (χ2n) is 2.40. The fourth-order valence-corrected chi connectivity index (χ4v) is 1.10. The van der Waals surface area contributed by atoms with Crippen molar-refractivity contribution < 1.29 is 4.79 Å². The summed E-state index contributed by atoms with van der Waals surface area (Å²) in [5.74, 6) is 0.857. The summed E-state index contributed by atoms with van der Waals surface area (Å²) in [6.07, 6.45) is 0. The predicted octanol–water partition coefficient (Wildman–Crippen LogP) is 2.20. The third-order valence-electron chi connectivity index (χ3n) is 1.33. The molecule has 0 aliphatic carbocycles. The number of hydrogen-bond acceptors (Lipinski definition) is 2. The lowest BCUT2D eigenvalue weighted by molar-refractivity contribution is 0.223. The van der Waals surface area contributed by atoms with E-state index in [4.69, 9.17) is 0 Å². The van der Waals surface area contributed by atoms with Gasteiger partial charge in [-0.3, -0.25) is 4.79 Å². The van der Waals surface area contributed by atoms with E-state index in [9.17, 15) is 4.79 Å². The van der Waals surface area contributed by atoms with Crippen LogP contribution in [-0.4, -0.2) is 29.0 Å². The Labute approximate surface area is 67.0 Å². The molecule has 0 aliphatic heterocycles. The lowest BCUT2D eigenvalue weighted by Gasteiger charge is -2.19. The van der Waals surface area contributed by atoms with Crippen LogP contribution >= 0.6 is 11.8 Å². The molecule has 0 bridgehead atoms. The van der Waals surface area contributed by atoms with Crippen molar-refractivity contribution in [3.63, 3.8) is 0 Å². The average Bonchev–Trinajstić information content (AvgIpc) is 1.87. The van der Waals surface area contributed by atoms with E-state index in [1.165, 1.54) is 11.8 Å². The van der Waals surface area contributed by atoms with Gasteiger partial charge in [0.05, 0.1) is 0 Å². The Morgan fingerprint density at radius 3 is 2.40 bits per heavy atom. The number of carbonyl (C=O) groups excluding carboxylic acids is 1. The van der Waals surface area contributed by atoms with Crippen molar-refractivity contribution in [2.24, 2.45) is 0 Å². The molecule has 0 aliphatic rings. The monoisotopic (exact) mass is 161 g/mol. The van der Waals surface area contributed by atoms with Crippen LogP contribution in [0.5, 0.6) is 0 Å². The van der Waals surface area contributed by atoms with E-state index >= 15 is 0 Å². The van der Waals surface area contributed by atoms with E-state index in [-0.39, 0.29) is 5.24 Å². The van der Waals surface area contributed by atoms with Crippen LogP contribution in [0.3, 0.4) is 0 Å². The van der Waals surface area contributed by atoms with Crippen molar-refractivity contribution in [1.82, 2.24) is 4.90 Å². The number of carbonyl (C=O) groups is 1. The molecule has 60 valence electrons. The summed E-state index contributed by atoms with van der Waals surface area (Å²) in [4.78, 5) is 12.8. The van der Waals surface area contributed by atoms with Gasteiger partial charge in [0.25, 0.3) is 5.24 Å². The van der Waals surface area contributed by atoms with E-state index in [1.54, 1.807) is 4.90 Å². The van der Waals surface area contributed by atoms with Gasteiger partial charge in [-0.2, -0.15) is 0 Å². The summed E-state index contributed by atoms with van der Waals surface area (Å²) in [5, 5.41) is 0.164. The van der Waals surface area contributed by atoms with Gasteiger partial charge in [-0.1, -0.05) is 18.7 Å². The molecular formula is C7H15NOS. The predicted molar refractivity (Wildman–Crippen MR) is 46.4 cm³/mol. The summed E-state index contributed by atoms with van der Waals surface area (Å²) in [7, 11) is 1.83. The van der Waals surface area contributed by atoms with Crippen LogP contribution in [0.25, 0.3) is 0 Å². The lowest BCUT2D eigenvalue weighted by atomic mass is 10.4. The molecule has 0 N–H and O–H groups in total. The van der Waals surface area contributed by atoms with E-state index in [0.717, 1.165) is 5.75 Å². The average molecular weight is 161 g/mol. The van der Waals surface area contributed by atoms with Gasteiger partial charge in [-0.15, -0.1) is 0 Å². The minimum Gasteiger partial charge on any atom is -0.334 e. The Hall–Kier alpha value is -0.180. The molecule has 0 aromatic heterocycles. The molecule has 1 amide bonds. The molecule has 0 aromatic rings. The Morgan fingerprint density at radius 1 is 1.60 bits per heavy atom. The molecule has 0 fully saturated rings. The van der Waals surface area contributed by atoms with Crippen LogP contribution in [0.4, 0.5) is 4.79 Å². The SMILES string of the molecule is CCSC(=O)N(C)C(C)C. The zero-order valence-corrected chi connectivity index (χ0v) is 7.86. The third kappa shape index (κ3) is 3.11. The molecule has 0 unspecified atom stereocenters. The van der Waals surface area contributed by atoms with Crippen LogP contribution in [0.15, 0.2) is 0 Å². The van der Waals surface area contributed by atoms with Crippen molar-refractivity contribution in [1.29, 1.82) is 0 Å². The second kappa shape index (κ2) is 4.61. The first-order valence-electron chi connectivity index (χ1n) is 3.49. The second-order valence-corrected chi connectivity index (χ2v) is 3.62. The first kappa shape index (κ1) is 9.82. The highest BCUT2D eigenvalue weighted by Crippen LogP contribution is 2.08. The Morgan fingerprint density at radius 2 is 2.10 bits per heavy atom. The number of thioether (sulfide) groups is 1. The van der Waals surface area contributed by atoms with Crippen LogP contribution in [-0.2, 0) is 0 Å². The maximum atomic E-state index is 11.1. The molecule has 2 nitrogen and oxygen atoms in total. The van der Waals surface area contributed by atoms with Crippen LogP contribution in [0.1, 0.15) is 20.8 Å². The quantitative estimate of drug-likeness (QED) is 0.619.